The van der Waals surface area contributed by atoms with Gasteiger partial charge in [0, 0.05) is 11.8 Å². The molecule has 1 aromatic heterocycles. The standard InChI is InChI=1S/C6H4ClNO2.K/c7-5-3-4(6(9)10)1-2-8-5;/h1-3H,(H,9,10);/q;+1/p-1. The molecule has 1 heterocycles. The predicted molar refractivity (Wildman–Crippen MR) is 33.6 cm³/mol. The van der Waals surface area contributed by atoms with E-state index in [1.165, 1.54) is 18.3 Å². The van der Waals surface area contributed by atoms with Crippen molar-refractivity contribution in [1.29, 1.82) is 0 Å². The summed E-state index contributed by atoms with van der Waals surface area (Å²) >= 11 is 5.39. The number of carbonyl (C=O) groups excluding carboxylic acids is 1. The summed E-state index contributed by atoms with van der Waals surface area (Å²) in [6, 6.07) is 2.55. The summed E-state index contributed by atoms with van der Waals surface area (Å²) in [6.45, 7) is 0. The summed E-state index contributed by atoms with van der Waals surface area (Å²) in [5, 5.41) is 10.3. The molecule has 0 saturated heterocycles. The summed E-state index contributed by atoms with van der Waals surface area (Å²) in [5.41, 5.74) is 0.0417. The van der Waals surface area contributed by atoms with Gasteiger partial charge >= 0.3 is 51.4 Å². The van der Waals surface area contributed by atoms with Gasteiger partial charge in [0.05, 0.1) is 5.97 Å². The molecule has 0 aromatic carbocycles. The van der Waals surface area contributed by atoms with Gasteiger partial charge in [0.25, 0.3) is 0 Å². The molecule has 1 rings (SSSR count). The zero-order chi connectivity index (χ0) is 7.56. The molecule has 0 amide bonds. The molecule has 0 aliphatic carbocycles. The first-order valence-electron chi connectivity index (χ1n) is 2.53. The molecule has 52 valence electrons. The van der Waals surface area contributed by atoms with E-state index in [1.54, 1.807) is 0 Å². The Kier molecular flexibility index (Phi) is 5.50. The molecule has 1 aromatic rings. The van der Waals surface area contributed by atoms with Gasteiger partial charge in [-0.2, -0.15) is 0 Å². The molecule has 3 nitrogen and oxygen atoms in total. The summed E-state index contributed by atoms with van der Waals surface area (Å²) in [4.78, 5) is 13.8. The molecule has 0 unspecified atom stereocenters. The van der Waals surface area contributed by atoms with E-state index in [0.717, 1.165) is 0 Å². The van der Waals surface area contributed by atoms with Crippen molar-refractivity contribution in [3.05, 3.63) is 29.0 Å². The fourth-order valence-corrected chi connectivity index (χ4v) is 0.703. The molecule has 5 heteroatoms. The molecule has 0 fully saturated rings. The van der Waals surface area contributed by atoms with Gasteiger partial charge in [0.15, 0.2) is 0 Å². The molecule has 0 saturated carbocycles. The van der Waals surface area contributed by atoms with Gasteiger partial charge in [0.1, 0.15) is 5.15 Å². The fourth-order valence-electron chi connectivity index (χ4n) is 0.529. The van der Waals surface area contributed by atoms with Crippen molar-refractivity contribution in [2.45, 2.75) is 0 Å². The van der Waals surface area contributed by atoms with Crippen LogP contribution in [0.15, 0.2) is 18.3 Å². The van der Waals surface area contributed by atoms with Crippen molar-refractivity contribution in [3.8, 4) is 0 Å². The molecule has 0 atom stereocenters. The summed E-state index contributed by atoms with van der Waals surface area (Å²) in [5.74, 6) is -1.25. The average Bonchev–Trinajstić information content (AvgIpc) is 1.88. The van der Waals surface area contributed by atoms with E-state index in [0.29, 0.717) is 0 Å². The first kappa shape index (κ1) is 11.5. The molecule has 0 radical (unpaired) electrons. The predicted octanol–water partition coefficient (Wildman–Crippen LogP) is -2.90. The zero-order valence-electron chi connectivity index (χ0n) is 5.87. The van der Waals surface area contributed by atoms with E-state index >= 15 is 0 Å². The van der Waals surface area contributed by atoms with Crippen LogP contribution in [0.2, 0.25) is 5.15 Å². The van der Waals surface area contributed by atoms with Gasteiger partial charge in [-0.15, -0.1) is 0 Å². The minimum Gasteiger partial charge on any atom is -0.545 e. The van der Waals surface area contributed by atoms with Gasteiger partial charge < -0.3 is 9.90 Å². The number of nitrogens with zero attached hydrogens (tertiary/aromatic N) is 1. The maximum absolute atomic E-state index is 10.2. The van der Waals surface area contributed by atoms with E-state index in [9.17, 15) is 9.90 Å². The van der Waals surface area contributed by atoms with Crippen molar-refractivity contribution in [3.63, 3.8) is 0 Å². The molecular weight excluding hydrogens is 193 g/mol. The van der Waals surface area contributed by atoms with Crippen LogP contribution in [0.4, 0.5) is 0 Å². The van der Waals surface area contributed by atoms with E-state index in [1.807, 2.05) is 0 Å². The minimum atomic E-state index is -1.25. The Morgan fingerprint density at radius 2 is 2.27 bits per heavy atom. The second-order valence-corrected chi connectivity index (χ2v) is 2.04. The molecule has 0 aliphatic heterocycles. The monoisotopic (exact) mass is 195 g/mol. The quantitative estimate of drug-likeness (QED) is 0.357. The molecule has 0 bridgehead atoms. The topological polar surface area (TPSA) is 53.0 Å². The SMILES string of the molecule is O=C([O-])c1ccnc(Cl)c1.[K+]. The second-order valence-electron chi connectivity index (χ2n) is 1.65. The Bertz CT molecular complexity index is 267. The summed E-state index contributed by atoms with van der Waals surface area (Å²) < 4.78 is 0. The molecule has 0 aliphatic rings. The number of hydrogen-bond donors (Lipinski definition) is 0. The number of hydrogen-bond acceptors (Lipinski definition) is 3. The van der Waals surface area contributed by atoms with Crippen LogP contribution in [0, 0.1) is 0 Å². The first-order chi connectivity index (χ1) is 4.70. The van der Waals surface area contributed by atoms with Crippen molar-refractivity contribution in [1.82, 2.24) is 4.98 Å². The summed E-state index contributed by atoms with van der Waals surface area (Å²) in [7, 11) is 0. The van der Waals surface area contributed by atoms with Crippen LogP contribution >= 0.6 is 11.6 Å². The van der Waals surface area contributed by atoms with Crippen LogP contribution in [0.25, 0.3) is 0 Å². The smallest absolute Gasteiger partial charge is 0.545 e. The fraction of sp³-hybridized carbons (Fsp3) is 0. The number of pyridine rings is 1. The molecule has 0 spiro atoms. The second kappa shape index (κ2) is 5.24. The largest absolute Gasteiger partial charge is 1.00 e. The zero-order valence-corrected chi connectivity index (χ0v) is 9.75. The summed E-state index contributed by atoms with van der Waals surface area (Å²) in [6.07, 6.45) is 1.31. The van der Waals surface area contributed by atoms with Crippen LogP contribution in [0.5, 0.6) is 0 Å². The van der Waals surface area contributed by atoms with Crippen LogP contribution in [0.3, 0.4) is 0 Å². The van der Waals surface area contributed by atoms with Crippen molar-refractivity contribution < 1.29 is 61.3 Å². The Morgan fingerprint density at radius 3 is 2.64 bits per heavy atom. The number of carbonyl (C=O) groups is 1. The Morgan fingerprint density at radius 1 is 1.64 bits per heavy atom. The third-order valence-corrected chi connectivity index (χ3v) is 1.17. The van der Waals surface area contributed by atoms with Crippen LogP contribution in [-0.2, 0) is 0 Å². The number of carboxylic acid groups (broad SMARTS) is 1. The maximum Gasteiger partial charge on any atom is 1.00 e. The van der Waals surface area contributed by atoms with Gasteiger partial charge in [-0.3, -0.25) is 0 Å². The van der Waals surface area contributed by atoms with Crippen LogP contribution < -0.4 is 56.5 Å². The Labute approximate surface area is 111 Å². The van der Waals surface area contributed by atoms with E-state index in [2.05, 4.69) is 4.98 Å². The number of aromatic nitrogens is 1. The number of rotatable bonds is 1. The first-order valence-corrected chi connectivity index (χ1v) is 2.91. The maximum atomic E-state index is 10.2. The normalized spacial score (nSPS) is 8.45. The van der Waals surface area contributed by atoms with Crippen LogP contribution in [0.1, 0.15) is 10.4 Å². The molecule has 0 N–H and O–H groups in total. The minimum absolute atomic E-state index is 0. The van der Waals surface area contributed by atoms with Gasteiger partial charge in [0.2, 0.25) is 0 Å². The van der Waals surface area contributed by atoms with Crippen molar-refractivity contribution in [2.75, 3.05) is 0 Å². The Balaban J connectivity index is 0.000001000. The average molecular weight is 196 g/mol. The van der Waals surface area contributed by atoms with E-state index in [-0.39, 0.29) is 62.1 Å². The Hall–Kier alpha value is 0.546. The number of aromatic carboxylic acids is 1. The van der Waals surface area contributed by atoms with E-state index < -0.39 is 5.97 Å². The number of carboxylic acids is 1. The molecular formula is C6H3ClKNO2. The van der Waals surface area contributed by atoms with Crippen molar-refractivity contribution in [2.24, 2.45) is 0 Å². The third kappa shape index (κ3) is 3.64. The third-order valence-electron chi connectivity index (χ3n) is 0.962. The number of halogens is 1. The van der Waals surface area contributed by atoms with Crippen molar-refractivity contribution >= 4 is 17.6 Å². The van der Waals surface area contributed by atoms with Gasteiger partial charge in [-0.05, 0) is 12.1 Å². The van der Waals surface area contributed by atoms with Gasteiger partial charge in [-0.25, -0.2) is 4.98 Å². The van der Waals surface area contributed by atoms with Gasteiger partial charge in [-0.1, -0.05) is 11.6 Å². The molecule has 11 heavy (non-hydrogen) atoms. The van der Waals surface area contributed by atoms with E-state index in [4.69, 9.17) is 11.6 Å². The van der Waals surface area contributed by atoms with Crippen LogP contribution in [-0.4, -0.2) is 11.0 Å².